The van der Waals surface area contributed by atoms with Crippen molar-refractivity contribution in [3.8, 4) is 5.75 Å². The topological polar surface area (TPSA) is 38.3 Å². The Bertz CT molecular complexity index is 626. The van der Waals surface area contributed by atoms with Crippen LogP contribution in [0.2, 0.25) is 0 Å². The molecule has 0 bridgehead atoms. The Balaban J connectivity index is 1.63. The van der Waals surface area contributed by atoms with Crippen molar-refractivity contribution >= 4 is 17.7 Å². The second-order valence-corrected chi connectivity index (χ2v) is 6.46. The molecule has 1 amide bonds. The zero-order chi connectivity index (χ0) is 16.5. The summed E-state index contributed by atoms with van der Waals surface area (Å²) in [6, 6.07) is 16.3. The van der Waals surface area contributed by atoms with Crippen LogP contribution in [0.3, 0.4) is 0 Å². The monoisotopic (exact) mass is 329 g/mol. The highest BCUT2D eigenvalue weighted by atomic mass is 32.2. The maximum atomic E-state index is 11.8. The first kappa shape index (κ1) is 17.4. The Hall–Kier alpha value is -1.94. The number of carbonyl (C=O) groups is 1. The van der Waals surface area contributed by atoms with Crippen LogP contribution in [0, 0.1) is 6.92 Å². The van der Waals surface area contributed by atoms with Crippen LogP contribution in [0.25, 0.3) is 0 Å². The number of carbonyl (C=O) groups excluding carboxylic acids is 1. The van der Waals surface area contributed by atoms with Gasteiger partial charge in [0.2, 0.25) is 5.91 Å². The van der Waals surface area contributed by atoms with E-state index in [2.05, 4.69) is 42.6 Å². The fraction of sp³-hybridized carbons (Fsp3) is 0.316. The molecule has 2 aromatic carbocycles. The molecule has 0 fully saturated rings. The number of rotatable bonds is 8. The zero-order valence-corrected chi connectivity index (χ0v) is 14.5. The van der Waals surface area contributed by atoms with E-state index < -0.39 is 0 Å². The molecule has 0 saturated carbocycles. The molecule has 2 rings (SSSR count). The summed E-state index contributed by atoms with van der Waals surface area (Å²) >= 11 is 1.57. The van der Waals surface area contributed by atoms with Gasteiger partial charge in [-0.05, 0) is 49.6 Å². The minimum atomic E-state index is 0.0845. The molecule has 4 heteroatoms. The molecule has 0 atom stereocenters. The number of nitrogens with one attached hydrogen (secondary N) is 1. The molecule has 0 saturated heterocycles. The molecular weight excluding hydrogens is 306 g/mol. The van der Waals surface area contributed by atoms with Gasteiger partial charge in [-0.1, -0.05) is 29.8 Å². The summed E-state index contributed by atoms with van der Waals surface area (Å²) in [4.78, 5) is 13.0. The minimum Gasteiger partial charge on any atom is -0.497 e. The summed E-state index contributed by atoms with van der Waals surface area (Å²) in [5.74, 6) is 1.42. The van der Waals surface area contributed by atoms with E-state index in [4.69, 9.17) is 4.74 Å². The molecular formula is C19H23NO2S. The minimum absolute atomic E-state index is 0.0845. The van der Waals surface area contributed by atoms with Crippen LogP contribution >= 0.6 is 11.8 Å². The first-order valence-corrected chi connectivity index (χ1v) is 8.75. The quantitative estimate of drug-likeness (QED) is 0.590. The summed E-state index contributed by atoms with van der Waals surface area (Å²) in [6.07, 6.45) is 1.86. The molecule has 122 valence electrons. The molecule has 23 heavy (non-hydrogen) atoms. The number of thioether (sulfide) groups is 1. The standard InChI is InChI=1S/C19H23NO2S/c1-15-8-10-18(11-9-15)23-14-19(21)20-12-4-6-16-5-3-7-17(13-16)22-2/h3,5,7-11,13H,4,6,12,14H2,1-2H3,(H,20,21). The molecule has 2 aromatic rings. The average molecular weight is 329 g/mol. The first-order chi connectivity index (χ1) is 11.2. The smallest absolute Gasteiger partial charge is 0.230 e. The highest BCUT2D eigenvalue weighted by Crippen LogP contribution is 2.17. The second kappa shape index (κ2) is 9.26. The fourth-order valence-electron chi connectivity index (χ4n) is 2.18. The van der Waals surface area contributed by atoms with E-state index in [9.17, 15) is 4.79 Å². The highest BCUT2D eigenvalue weighted by Gasteiger charge is 2.03. The van der Waals surface area contributed by atoms with E-state index in [1.165, 1.54) is 11.1 Å². The fourth-order valence-corrected chi connectivity index (χ4v) is 2.91. The third-order valence-corrected chi connectivity index (χ3v) is 4.50. The van der Waals surface area contributed by atoms with E-state index in [-0.39, 0.29) is 5.91 Å². The Morgan fingerprint density at radius 3 is 2.70 bits per heavy atom. The first-order valence-electron chi connectivity index (χ1n) is 7.76. The average Bonchev–Trinajstić information content (AvgIpc) is 2.58. The van der Waals surface area contributed by atoms with Gasteiger partial charge < -0.3 is 10.1 Å². The van der Waals surface area contributed by atoms with E-state index in [0.29, 0.717) is 12.3 Å². The van der Waals surface area contributed by atoms with Gasteiger partial charge in [0.15, 0.2) is 0 Å². The lowest BCUT2D eigenvalue weighted by Crippen LogP contribution is -2.26. The summed E-state index contributed by atoms with van der Waals surface area (Å²) in [5, 5.41) is 2.97. The van der Waals surface area contributed by atoms with Crippen molar-refractivity contribution in [2.24, 2.45) is 0 Å². The summed E-state index contributed by atoms with van der Waals surface area (Å²) in [5.41, 5.74) is 2.46. The van der Waals surface area contributed by atoms with Gasteiger partial charge in [-0.3, -0.25) is 4.79 Å². The number of aryl methyl sites for hydroxylation is 2. The highest BCUT2D eigenvalue weighted by molar-refractivity contribution is 8.00. The number of hydrogen-bond donors (Lipinski definition) is 1. The van der Waals surface area contributed by atoms with Crippen molar-refractivity contribution in [2.45, 2.75) is 24.7 Å². The molecule has 0 aliphatic rings. The van der Waals surface area contributed by atoms with Crippen molar-refractivity contribution < 1.29 is 9.53 Å². The lowest BCUT2D eigenvalue weighted by molar-refractivity contribution is -0.118. The summed E-state index contributed by atoms with van der Waals surface area (Å²) in [7, 11) is 1.67. The van der Waals surface area contributed by atoms with Crippen LogP contribution in [0.1, 0.15) is 17.5 Å². The Labute approximate surface area is 142 Å². The molecule has 0 aliphatic carbocycles. The van der Waals surface area contributed by atoms with Gasteiger partial charge in [0.1, 0.15) is 5.75 Å². The van der Waals surface area contributed by atoms with Gasteiger partial charge in [-0.2, -0.15) is 0 Å². The zero-order valence-electron chi connectivity index (χ0n) is 13.7. The number of amides is 1. The van der Waals surface area contributed by atoms with Gasteiger partial charge in [0, 0.05) is 11.4 Å². The molecule has 0 unspecified atom stereocenters. The summed E-state index contributed by atoms with van der Waals surface area (Å²) < 4.78 is 5.21. The Morgan fingerprint density at radius 1 is 1.17 bits per heavy atom. The predicted molar refractivity (Wildman–Crippen MR) is 96.2 cm³/mol. The van der Waals surface area contributed by atoms with Gasteiger partial charge in [-0.15, -0.1) is 11.8 Å². The summed E-state index contributed by atoms with van der Waals surface area (Å²) in [6.45, 7) is 2.76. The number of ether oxygens (including phenoxy) is 1. The van der Waals surface area contributed by atoms with Gasteiger partial charge in [0.25, 0.3) is 0 Å². The van der Waals surface area contributed by atoms with Gasteiger partial charge in [-0.25, -0.2) is 0 Å². The lowest BCUT2D eigenvalue weighted by Gasteiger charge is -2.07. The Kier molecular flexibility index (Phi) is 7.01. The van der Waals surface area contributed by atoms with Crippen molar-refractivity contribution in [1.29, 1.82) is 0 Å². The molecule has 0 heterocycles. The van der Waals surface area contributed by atoms with Gasteiger partial charge >= 0.3 is 0 Å². The molecule has 1 N–H and O–H groups in total. The molecule has 0 spiro atoms. The van der Waals surface area contributed by atoms with Crippen LogP contribution < -0.4 is 10.1 Å². The second-order valence-electron chi connectivity index (χ2n) is 5.41. The van der Waals surface area contributed by atoms with E-state index in [1.54, 1.807) is 18.9 Å². The van der Waals surface area contributed by atoms with Crippen molar-refractivity contribution in [3.63, 3.8) is 0 Å². The van der Waals surface area contributed by atoms with Crippen LogP contribution in [0.15, 0.2) is 53.4 Å². The van der Waals surface area contributed by atoms with Crippen molar-refractivity contribution in [3.05, 3.63) is 59.7 Å². The van der Waals surface area contributed by atoms with E-state index >= 15 is 0 Å². The van der Waals surface area contributed by atoms with Crippen LogP contribution in [-0.2, 0) is 11.2 Å². The molecule has 0 aromatic heterocycles. The predicted octanol–water partition coefficient (Wildman–Crippen LogP) is 3.84. The SMILES string of the molecule is COc1cccc(CCCNC(=O)CSc2ccc(C)cc2)c1. The number of methoxy groups -OCH3 is 1. The largest absolute Gasteiger partial charge is 0.497 e. The molecule has 3 nitrogen and oxygen atoms in total. The Morgan fingerprint density at radius 2 is 1.96 bits per heavy atom. The van der Waals surface area contributed by atoms with Gasteiger partial charge in [0.05, 0.1) is 12.9 Å². The van der Waals surface area contributed by atoms with Crippen LogP contribution in [-0.4, -0.2) is 25.3 Å². The number of benzene rings is 2. The van der Waals surface area contributed by atoms with Crippen LogP contribution in [0.4, 0.5) is 0 Å². The maximum Gasteiger partial charge on any atom is 0.230 e. The molecule has 0 aliphatic heterocycles. The van der Waals surface area contributed by atoms with Crippen molar-refractivity contribution in [2.75, 3.05) is 19.4 Å². The molecule has 0 radical (unpaired) electrons. The normalized spacial score (nSPS) is 10.3. The number of hydrogen-bond acceptors (Lipinski definition) is 3. The third kappa shape index (κ3) is 6.37. The lowest BCUT2D eigenvalue weighted by atomic mass is 10.1. The maximum absolute atomic E-state index is 11.8. The van der Waals surface area contributed by atoms with E-state index in [0.717, 1.165) is 23.5 Å². The van der Waals surface area contributed by atoms with Crippen molar-refractivity contribution in [1.82, 2.24) is 5.32 Å². The third-order valence-electron chi connectivity index (χ3n) is 3.49. The van der Waals surface area contributed by atoms with Crippen LogP contribution in [0.5, 0.6) is 5.75 Å². The van der Waals surface area contributed by atoms with E-state index in [1.807, 2.05) is 18.2 Å².